The van der Waals surface area contributed by atoms with Gasteiger partial charge in [-0.2, -0.15) is 0 Å². The van der Waals surface area contributed by atoms with Gasteiger partial charge < -0.3 is 4.90 Å². The van der Waals surface area contributed by atoms with E-state index >= 15 is 0 Å². The topological polar surface area (TPSA) is 91.8 Å². The number of hydrogen-bond donors (Lipinski definition) is 0. The molecule has 1 fully saturated rings. The summed E-state index contributed by atoms with van der Waals surface area (Å²) in [6.07, 6.45) is 0.414. The zero-order valence-electron chi connectivity index (χ0n) is 14.0. The van der Waals surface area contributed by atoms with Crippen LogP contribution in [0, 0.1) is 0 Å². The van der Waals surface area contributed by atoms with Gasteiger partial charge in [-0.15, -0.1) is 0 Å². The Morgan fingerprint density at radius 3 is 2.46 bits per heavy atom. The Labute approximate surface area is 143 Å². The SMILES string of the molecule is CCN(C(=O)c1cccc(S(=O)(=O)N(C)C)c1)[C@H]1CCS(=O)(=O)C1. The monoisotopic (exact) mass is 374 g/mol. The van der Waals surface area contributed by atoms with Crippen molar-refractivity contribution in [3.8, 4) is 0 Å². The minimum Gasteiger partial charge on any atom is -0.335 e. The number of nitrogens with zero attached hydrogens (tertiary/aromatic N) is 2. The van der Waals surface area contributed by atoms with Gasteiger partial charge in [0.1, 0.15) is 0 Å². The third-order valence-corrected chi connectivity index (χ3v) is 7.67. The van der Waals surface area contributed by atoms with E-state index in [9.17, 15) is 21.6 Å². The molecule has 1 aliphatic rings. The first-order valence-corrected chi connectivity index (χ1v) is 10.9. The van der Waals surface area contributed by atoms with Crippen molar-refractivity contribution in [1.82, 2.24) is 9.21 Å². The number of sulfone groups is 1. The van der Waals surface area contributed by atoms with Crippen molar-refractivity contribution in [3.63, 3.8) is 0 Å². The molecule has 1 aliphatic heterocycles. The molecule has 24 heavy (non-hydrogen) atoms. The minimum atomic E-state index is -3.64. The van der Waals surface area contributed by atoms with Crippen molar-refractivity contribution >= 4 is 25.8 Å². The summed E-state index contributed by atoms with van der Waals surface area (Å²) < 4.78 is 48.8. The van der Waals surface area contributed by atoms with E-state index in [-0.39, 0.29) is 33.9 Å². The number of hydrogen-bond acceptors (Lipinski definition) is 5. The highest BCUT2D eigenvalue weighted by Crippen LogP contribution is 2.21. The van der Waals surface area contributed by atoms with Crippen LogP contribution in [0.5, 0.6) is 0 Å². The van der Waals surface area contributed by atoms with Gasteiger partial charge in [0.2, 0.25) is 10.0 Å². The van der Waals surface area contributed by atoms with Crippen LogP contribution in [-0.4, -0.2) is 70.1 Å². The zero-order chi connectivity index (χ0) is 18.1. The lowest BCUT2D eigenvalue weighted by Crippen LogP contribution is -2.41. The first-order chi connectivity index (χ1) is 11.1. The summed E-state index contributed by atoms with van der Waals surface area (Å²) in [5, 5.41) is 0. The molecule has 0 spiro atoms. The van der Waals surface area contributed by atoms with Crippen LogP contribution in [0.4, 0.5) is 0 Å². The fraction of sp³-hybridized carbons (Fsp3) is 0.533. The number of sulfonamides is 1. The van der Waals surface area contributed by atoms with E-state index < -0.39 is 19.9 Å². The summed E-state index contributed by atoms with van der Waals surface area (Å²) in [5.74, 6) is -0.311. The molecule has 1 aromatic carbocycles. The lowest BCUT2D eigenvalue weighted by atomic mass is 10.1. The Morgan fingerprint density at radius 1 is 1.29 bits per heavy atom. The van der Waals surface area contributed by atoms with Crippen LogP contribution in [-0.2, 0) is 19.9 Å². The van der Waals surface area contributed by atoms with E-state index in [1.807, 2.05) is 0 Å². The molecule has 0 bridgehead atoms. The average Bonchev–Trinajstić information content (AvgIpc) is 2.87. The molecule has 1 atom stereocenters. The standard InChI is InChI=1S/C15H22N2O5S2/c1-4-17(13-8-9-23(19,20)11-13)15(18)12-6-5-7-14(10-12)24(21,22)16(2)3/h5-7,10,13H,4,8-9,11H2,1-3H3/t13-/m0/s1. The van der Waals surface area contributed by atoms with Gasteiger partial charge in [-0.05, 0) is 31.5 Å². The van der Waals surface area contributed by atoms with Crippen molar-refractivity contribution in [3.05, 3.63) is 29.8 Å². The summed E-state index contributed by atoms with van der Waals surface area (Å²) in [5.41, 5.74) is 0.240. The zero-order valence-corrected chi connectivity index (χ0v) is 15.6. The summed E-state index contributed by atoms with van der Waals surface area (Å²) in [4.78, 5) is 14.3. The maximum absolute atomic E-state index is 12.7. The van der Waals surface area contributed by atoms with Crippen LogP contribution in [0.15, 0.2) is 29.2 Å². The first kappa shape index (κ1) is 18.9. The number of rotatable bonds is 5. The van der Waals surface area contributed by atoms with Gasteiger partial charge in [0.15, 0.2) is 9.84 Å². The van der Waals surface area contributed by atoms with Crippen molar-refractivity contribution in [2.24, 2.45) is 0 Å². The Bertz CT molecular complexity index is 831. The highest BCUT2D eigenvalue weighted by Gasteiger charge is 2.34. The molecule has 0 N–H and O–H groups in total. The third-order valence-electron chi connectivity index (χ3n) is 4.11. The molecule has 1 saturated heterocycles. The van der Waals surface area contributed by atoms with E-state index in [2.05, 4.69) is 0 Å². The van der Waals surface area contributed by atoms with E-state index in [0.29, 0.717) is 13.0 Å². The third kappa shape index (κ3) is 3.79. The van der Waals surface area contributed by atoms with E-state index in [1.54, 1.807) is 13.0 Å². The number of benzene rings is 1. The lowest BCUT2D eigenvalue weighted by molar-refractivity contribution is 0.0708. The Morgan fingerprint density at radius 2 is 1.96 bits per heavy atom. The quantitative estimate of drug-likeness (QED) is 0.752. The second kappa shape index (κ2) is 6.81. The van der Waals surface area contributed by atoms with Gasteiger partial charge in [-0.1, -0.05) is 6.07 Å². The summed E-state index contributed by atoms with van der Waals surface area (Å²) in [7, 11) is -3.90. The van der Waals surface area contributed by atoms with Gasteiger partial charge in [0.25, 0.3) is 5.91 Å². The summed E-state index contributed by atoms with van der Waals surface area (Å²) in [6, 6.07) is 5.47. The van der Waals surface area contributed by atoms with Gasteiger partial charge in [-0.3, -0.25) is 4.79 Å². The van der Waals surface area contributed by atoms with Crippen molar-refractivity contribution in [2.45, 2.75) is 24.3 Å². The molecule has 1 amide bonds. The predicted molar refractivity (Wildman–Crippen MR) is 91.1 cm³/mol. The minimum absolute atomic E-state index is 0.0356. The molecule has 1 heterocycles. The average molecular weight is 374 g/mol. The van der Waals surface area contributed by atoms with Gasteiger partial charge >= 0.3 is 0 Å². The van der Waals surface area contributed by atoms with Gasteiger partial charge in [-0.25, -0.2) is 21.1 Å². The second-order valence-electron chi connectivity index (χ2n) is 5.96. The molecular formula is C15H22N2O5S2. The molecule has 2 rings (SSSR count). The van der Waals surface area contributed by atoms with Crippen LogP contribution < -0.4 is 0 Å². The molecule has 0 aliphatic carbocycles. The van der Waals surface area contributed by atoms with Crippen molar-refractivity contribution in [2.75, 3.05) is 32.1 Å². The highest BCUT2D eigenvalue weighted by molar-refractivity contribution is 7.91. The van der Waals surface area contributed by atoms with Gasteiger partial charge in [0.05, 0.1) is 16.4 Å². The molecule has 0 aromatic heterocycles. The van der Waals surface area contributed by atoms with E-state index in [4.69, 9.17) is 0 Å². The van der Waals surface area contributed by atoms with E-state index in [0.717, 1.165) is 4.31 Å². The fourth-order valence-electron chi connectivity index (χ4n) is 2.76. The first-order valence-electron chi connectivity index (χ1n) is 7.62. The molecule has 1 aromatic rings. The summed E-state index contributed by atoms with van der Waals surface area (Å²) in [6.45, 7) is 2.15. The van der Waals surface area contributed by atoms with Crippen LogP contribution in [0.3, 0.4) is 0 Å². The number of amides is 1. The van der Waals surface area contributed by atoms with E-state index in [1.165, 1.54) is 37.2 Å². The largest absolute Gasteiger partial charge is 0.335 e. The maximum atomic E-state index is 12.7. The Kier molecular flexibility index (Phi) is 5.36. The molecule has 134 valence electrons. The molecule has 0 radical (unpaired) electrons. The van der Waals surface area contributed by atoms with Crippen molar-refractivity contribution in [1.29, 1.82) is 0 Å². The van der Waals surface area contributed by atoms with Crippen LogP contribution in [0.25, 0.3) is 0 Å². The number of carbonyl (C=O) groups excluding carboxylic acids is 1. The molecule has 9 heteroatoms. The normalized spacial score (nSPS) is 20.2. The maximum Gasteiger partial charge on any atom is 0.254 e. The van der Waals surface area contributed by atoms with Gasteiger partial charge in [0, 0.05) is 32.2 Å². The Balaban J connectivity index is 2.32. The molecule has 0 saturated carbocycles. The lowest BCUT2D eigenvalue weighted by Gasteiger charge is -2.27. The molecule has 0 unspecified atom stereocenters. The number of carbonyl (C=O) groups is 1. The van der Waals surface area contributed by atoms with Crippen LogP contribution in [0.2, 0.25) is 0 Å². The van der Waals surface area contributed by atoms with Crippen LogP contribution in [0.1, 0.15) is 23.7 Å². The second-order valence-corrected chi connectivity index (χ2v) is 10.3. The van der Waals surface area contributed by atoms with Crippen molar-refractivity contribution < 1.29 is 21.6 Å². The molecule has 7 nitrogen and oxygen atoms in total. The highest BCUT2D eigenvalue weighted by atomic mass is 32.2. The smallest absolute Gasteiger partial charge is 0.254 e. The fourth-order valence-corrected chi connectivity index (χ4v) is 5.43. The Hall–Kier alpha value is -1.45. The van der Waals surface area contributed by atoms with Crippen LogP contribution >= 0.6 is 0 Å². The summed E-state index contributed by atoms with van der Waals surface area (Å²) >= 11 is 0. The molecular weight excluding hydrogens is 352 g/mol. The predicted octanol–water partition coefficient (Wildman–Crippen LogP) is 0.586.